The van der Waals surface area contributed by atoms with E-state index in [1.165, 1.54) is 186 Å². The first-order valence-corrected chi connectivity index (χ1v) is 25.7. The molecule has 0 radical (unpaired) electrons. The minimum absolute atomic E-state index is 1.11. The Balaban J connectivity index is 1.28. The van der Waals surface area contributed by atoms with Crippen LogP contribution in [0.5, 0.6) is 0 Å². The quantitative estimate of drug-likeness (QED) is 0.136. The number of nitrogens with zero attached hydrogens (tertiary/aromatic N) is 5. The number of hydrogen-bond acceptors (Lipinski definition) is 12. The molecule has 0 aliphatic carbocycles. The Morgan fingerprint density at radius 1 is 0.254 bits per heavy atom. The summed E-state index contributed by atoms with van der Waals surface area (Å²) in [5, 5.41) is 29.9. The molecule has 4 heterocycles. The van der Waals surface area contributed by atoms with Crippen LogP contribution in [0.3, 0.4) is 0 Å². The summed E-state index contributed by atoms with van der Waals surface area (Å²) in [5.74, 6) is 0. The average Bonchev–Trinajstić information content (AvgIpc) is 3.22. The number of rotatable bonds is 12. The second-order valence-corrected chi connectivity index (χ2v) is 18.6. The molecular formula is C46H100N13+. The van der Waals surface area contributed by atoms with E-state index >= 15 is 0 Å². The molecule has 0 aromatic rings. The van der Waals surface area contributed by atoms with Crippen molar-refractivity contribution in [3.8, 4) is 0 Å². The Bertz CT molecular complexity index is 841. The first-order valence-electron chi connectivity index (χ1n) is 25.7. The van der Waals surface area contributed by atoms with E-state index in [-0.39, 0.29) is 0 Å². The van der Waals surface area contributed by atoms with Crippen molar-refractivity contribution in [3.63, 3.8) is 0 Å². The van der Waals surface area contributed by atoms with Gasteiger partial charge in [-0.15, -0.1) is 0 Å². The van der Waals surface area contributed by atoms with Gasteiger partial charge in [0.25, 0.3) is 0 Å². The summed E-state index contributed by atoms with van der Waals surface area (Å²) in [5.41, 5.74) is 0. The van der Waals surface area contributed by atoms with Gasteiger partial charge in [-0.05, 0) is 195 Å². The molecule has 13 heteroatoms. The maximum absolute atomic E-state index is 3.93. The second-order valence-electron chi connectivity index (χ2n) is 18.6. The van der Waals surface area contributed by atoms with Crippen LogP contribution in [0.1, 0.15) is 89.9 Å². The van der Waals surface area contributed by atoms with Crippen LogP contribution in [-0.2, 0) is 0 Å². The summed E-state index contributed by atoms with van der Waals surface area (Å²) in [7, 11) is 0. The normalized spacial score (nSPS) is 25.4. The van der Waals surface area contributed by atoms with Crippen molar-refractivity contribution in [1.29, 1.82) is 0 Å². The van der Waals surface area contributed by atoms with E-state index in [1.807, 2.05) is 0 Å². The molecule has 4 rings (SSSR count). The fourth-order valence-corrected chi connectivity index (χ4v) is 9.92. The zero-order valence-electron chi connectivity index (χ0n) is 38.8. The lowest BCUT2D eigenvalue weighted by atomic mass is 10.1. The van der Waals surface area contributed by atoms with E-state index in [4.69, 9.17) is 0 Å². The van der Waals surface area contributed by atoms with Crippen LogP contribution in [0, 0.1) is 0 Å². The number of quaternary nitrogens is 1. The molecular weight excluding hydrogens is 735 g/mol. The van der Waals surface area contributed by atoms with Gasteiger partial charge in [-0.3, -0.25) is 0 Å². The summed E-state index contributed by atoms with van der Waals surface area (Å²) in [6, 6.07) is 0. The van der Waals surface area contributed by atoms with Crippen molar-refractivity contribution in [2.75, 3.05) is 209 Å². The molecule has 4 aliphatic rings. The van der Waals surface area contributed by atoms with Gasteiger partial charge in [0.15, 0.2) is 0 Å². The second kappa shape index (κ2) is 35.9. The third-order valence-electron chi connectivity index (χ3n) is 13.4. The van der Waals surface area contributed by atoms with Gasteiger partial charge in [0.2, 0.25) is 0 Å². The van der Waals surface area contributed by atoms with Gasteiger partial charge in [-0.25, -0.2) is 0 Å². The van der Waals surface area contributed by atoms with Crippen molar-refractivity contribution in [1.82, 2.24) is 62.1 Å². The highest BCUT2D eigenvalue weighted by Gasteiger charge is 2.27. The highest BCUT2D eigenvalue weighted by atomic mass is 15.4. The van der Waals surface area contributed by atoms with E-state index in [1.54, 1.807) is 0 Å². The predicted molar refractivity (Wildman–Crippen MR) is 253 cm³/mol. The molecule has 8 N–H and O–H groups in total. The molecule has 59 heavy (non-hydrogen) atoms. The van der Waals surface area contributed by atoms with Gasteiger partial charge in [-0.1, -0.05) is 0 Å². The van der Waals surface area contributed by atoms with Crippen LogP contribution in [0.25, 0.3) is 0 Å². The van der Waals surface area contributed by atoms with Crippen molar-refractivity contribution in [2.45, 2.75) is 89.9 Å². The minimum Gasteiger partial charge on any atom is -0.323 e. The molecule has 0 atom stereocenters. The lowest BCUT2D eigenvalue weighted by Gasteiger charge is -2.40. The summed E-state index contributed by atoms with van der Waals surface area (Å²) in [6.45, 7) is 38.4. The maximum Gasteiger partial charge on any atom is 0.0799 e. The fourth-order valence-electron chi connectivity index (χ4n) is 9.92. The van der Waals surface area contributed by atoms with Gasteiger partial charge in [0.1, 0.15) is 0 Å². The first-order chi connectivity index (χ1) is 29.3. The lowest BCUT2D eigenvalue weighted by Crippen LogP contribution is -2.53. The Morgan fingerprint density at radius 3 is 0.847 bits per heavy atom. The van der Waals surface area contributed by atoms with E-state index in [0.717, 1.165) is 118 Å². The zero-order chi connectivity index (χ0) is 41.0. The van der Waals surface area contributed by atoms with Crippen LogP contribution in [0.4, 0.5) is 0 Å². The number of hydrogen-bond donors (Lipinski definition) is 8. The third kappa shape index (κ3) is 26.6. The fraction of sp³-hybridized carbons (Fsp3) is 1.00. The molecule has 4 saturated heterocycles. The smallest absolute Gasteiger partial charge is 0.0799 e. The van der Waals surface area contributed by atoms with Crippen LogP contribution in [-0.4, -0.2) is 234 Å². The molecule has 4 aliphatic heterocycles. The van der Waals surface area contributed by atoms with Crippen molar-refractivity contribution < 1.29 is 4.48 Å². The first kappa shape index (κ1) is 51.1. The Kier molecular flexibility index (Phi) is 31.1. The minimum atomic E-state index is 1.11. The van der Waals surface area contributed by atoms with Crippen molar-refractivity contribution in [3.05, 3.63) is 0 Å². The Labute approximate surface area is 365 Å². The van der Waals surface area contributed by atoms with Gasteiger partial charge < -0.3 is 66.6 Å². The Morgan fingerprint density at radius 2 is 0.508 bits per heavy atom. The Hall–Kier alpha value is -0.520. The summed E-state index contributed by atoms with van der Waals surface area (Å²) in [6.07, 6.45) is 17.9. The maximum atomic E-state index is 3.93. The van der Waals surface area contributed by atoms with E-state index in [2.05, 4.69) is 62.1 Å². The monoisotopic (exact) mass is 835 g/mol. The van der Waals surface area contributed by atoms with E-state index in [0.29, 0.717) is 0 Å². The van der Waals surface area contributed by atoms with Gasteiger partial charge >= 0.3 is 0 Å². The van der Waals surface area contributed by atoms with E-state index in [9.17, 15) is 0 Å². The highest BCUT2D eigenvalue weighted by Crippen LogP contribution is 2.15. The molecule has 0 unspecified atom stereocenters. The lowest BCUT2D eigenvalue weighted by molar-refractivity contribution is -0.928. The highest BCUT2D eigenvalue weighted by molar-refractivity contribution is 4.70. The summed E-state index contributed by atoms with van der Waals surface area (Å²) < 4.78 is 1.31. The van der Waals surface area contributed by atoms with Gasteiger partial charge in [0, 0.05) is 78.0 Å². The summed E-state index contributed by atoms with van der Waals surface area (Å²) >= 11 is 0. The third-order valence-corrected chi connectivity index (χ3v) is 13.4. The van der Waals surface area contributed by atoms with Crippen LogP contribution in [0.2, 0.25) is 0 Å². The molecule has 0 bridgehead atoms. The number of nitrogens with one attached hydrogen (secondary N) is 8. The van der Waals surface area contributed by atoms with Crippen LogP contribution in [0.15, 0.2) is 0 Å². The van der Waals surface area contributed by atoms with Crippen LogP contribution < -0.4 is 42.5 Å². The molecule has 348 valence electrons. The van der Waals surface area contributed by atoms with Crippen LogP contribution >= 0.6 is 0 Å². The van der Waals surface area contributed by atoms with E-state index < -0.39 is 0 Å². The van der Waals surface area contributed by atoms with Crippen molar-refractivity contribution in [2.24, 2.45) is 0 Å². The molecule has 0 aromatic carbocycles. The molecule has 0 saturated carbocycles. The molecule has 0 spiro atoms. The molecule has 4 fully saturated rings. The summed E-state index contributed by atoms with van der Waals surface area (Å²) in [4.78, 5) is 11.1. The zero-order valence-corrected chi connectivity index (χ0v) is 38.8. The van der Waals surface area contributed by atoms with Gasteiger partial charge in [0.05, 0.1) is 26.2 Å². The standard InChI is InChI=1S/C46H100N13/c1-15-47-21-4-31-55(32-5-22-48-16-1)37-12-38-58-41-29-53-27-10-43-59(44-11-28-54-30-42-58,45-13-39-56-33-6-23-49-17-2-18-50-24-7-34-56)46-14-40-57-35-8-25-51-19-3-20-52-26-9-36-57/h47-54H,1-46H2/q+1. The van der Waals surface area contributed by atoms with Crippen molar-refractivity contribution >= 4 is 0 Å². The molecule has 0 amide bonds. The molecule has 0 aromatic heterocycles. The largest absolute Gasteiger partial charge is 0.323 e. The van der Waals surface area contributed by atoms with Gasteiger partial charge in [-0.2, -0.15) is 0 Å². The average molecular weight is 835 g/mol. The topological polar surface area (TPSA) is 109 Å². The predicted octanol–water partition coefficient (Wildman–Crippen LogP) is 1.24. The molecule has 13 nitrogen and oxygen atoms in total. The SMILES string of the molecule is C1CNCCCN(CCCN2CCNCCC[N+](CCCN3CCCNCCCNCCC3)(CCCN3CCCNCCCNCCC3)CCCNCC2)CCCNC1.